The average molecular weight is 400 g/mol. The molecule has 2 atom stereocenters. The molecule has 2 unspecified atom stereocenters. The van der Waals surface area contributed by atoms with Crippen molar-refractivity contribution >= 4 is 17.9 Å². The maximum Gasteiger partial charge on any atom is 0.341 e. The summed E-state index contributed by atoms with van der Waals surface area (Å²) < 4.78 is 15.4. The van der Waals surface area contributed by atoms with E-state index < -0.39 is 36.4 Å². The third-order valence-electron chi connectivity index (χ3n) is 5.05. The van der Waals surface area contributed by atoms with E-state index in [2.05, 4.69) is 11.7 Å². The maximum atomic E-state index is 12.3. The largest absolute Gasteiger partial charge is 0.550 e. The van der Waals surface area contributed by atoms with Crippen molar-refractivity contribution in [3.63, 3.8) is 0 Å². The zero-order valence-electron chi connectivity index (χ0n) is 17.3. The van der Waals surface area contributed by atoms with Gasteiger partial charge >= 0.3 is 11.9 Å². The fourth-order valence-electron chi connectivity index (χ4n) is 3.48. The van der Waals surface area contributed by atoms with Crippen LogP contribution in [0.4, 0.5) is 0 Å². The number of cyclic esters (lactones) is 1. The maximum absolute atomic E-state index is 12.3. The second-order valence-corrected chi connectivity index (χ2v) is 7.58. The summed E-state index contributed by atoms with van der Waals surface area (Å²) in [6, 6.07) is 0. The van der Waals surface area contributed by atoms with Gasteiger partial charge in [0.1, 0.15) is 6.10 Å². The Hall–Kier alpha value is -1.63. The molecule has 1 saturated heterocycles. The molecule has 1 heterocycles. The van der Waals surface area contributed by atoms with Gasteiger partial charge in [-0.2, -0.15) is 0 Å². The number of hydrogen-bond donors (Lipinski definition) is 0. The fraction of sp³-hybridized carbons (Fsp3) is 0.857. The van der Waals surface area contributed by atoms with E-state index in [4.69, 9.17) is 9.47 Å². The predicted octanol–water partition coefficient (Wildman–Crippen LogP) is 3.03. The molecule has 0 saturated carbocycles. The van der Waals surface area contributed by atoms with Crippen LogP contribution >= 0.6 is 0 Å². The molecular formula is C21H35O7-. The zero-order chi connectivity index (χ0) is 20.8. The van der Waals surface area contributed by atoms with Gasteiger partial charge in [-0.1, -0.05) is 65.2 Å². The van der Waals surface area contributed by atoms with Crippen LogP contribution in [-0.2, 0) is 28.6 Å². The molecule has 0 aromatic carbocycles. The molecule has 7 nitrogen and oxygen atoms in total. The van der Waals surface area contributed by atoms with E-state index >= 15 is 0 Å². The number of carbonyl (C=O) groups excluding carboxylic acids is 3. The molecule has 0 amide bonds. The van der Waals surface area contributed by atoms with Gasteiger partial charge in [0.15, 0.2) is 12.4 Å². The van der Waals surface area contributed by atoms with E-state index in [-0.39, 0.29) is 12.9 Å². The van der Waals surface area contributed by atoms with E-state index in [0.29, 0.717) is 0 Å². The summed E-state index contributed by atoms with van der Waals surface area (Å²) in [5, 5.41) is 10.9. The topological polar surface area (TPSA) is 102 Å². The van der Waals surface area contributed by atoms with Crippen molar-refractivity contribution in [1.29, 1.82) is 0 Å². The lowest BCUT2D eigenvalue weighted by atomic mass is 9.95. The summed E-state index contributed by atoms with van der Waals surface area (Å²) >= 11 is 0. The number of rotatable bonds is 16. The molecule has 0 N–H and O–H groups in total. The molecule has 1 fully saturated rings. The molecule has 7 heteroatoms. The molecule has 1 aliphatic heterocycles. The highest BCUT2D eigenvalue weighted by Crippen LogP contribution is 2.29. The fourth-order valence-corrected chi connectivity index (χ4v) is 3.48. The van der Waals surface area contributed by atoms with Crippen LogP contribution in [0, 0.1) is 0 Å². The second-order valence-electron chi connectivity index (χ2n) is 7.58. The van der Waals surface area contributed by atoms with E-state index in [0.717, 1.165) is 32.1 Å². The first-order valence-electron chi connectivity index (χ1n) is 10.6. The summed E-state index contributed by atoms with van der Waals surface area (Å²) in [6.45, 7) is 3.86. The molecule has 162 valence electrons. The SMILES string of the molecule is CCCCCCCCCCC(CCC)OC(=O)CC1(CC(=O)[O-])OCOC1=O. The lowest BCUT2D eigenvalue weighted by Crippen LogP contribution is -2.45. The smallest absolute Gasteiger partial charge is 0.341 e. The van der Waals surface area contributed by atoms with Crippen LogP contribution in [0.25, 0.3) is 0 Å². The summed E-state index contributed by atoms with van der Waals surface area (Å²) in [6.07, 6.45) is 10.6. The van der Waals surface area contributed by atoms with Crippen LogP contribution in [0.15, 0.2) is 0 Å². The average Bonchev–Trinajstić information content (AvgIpc) is 2.96. The van der Waals surface area contributed by atoms with Crippen LogP contribution in [-0.4, -0.2) is 36.4 Å². The molecule has 0 aliphatic carbocycles. The van der Waals surface area contributed by atoms with Crippen LogP contribution in [0.5, 0.6) is 0 Å². The normalized spacial score (nSPS) is 20.0. The minimum atomic E-state index is -1.83. The minimum Gasteiger partial charge on any atom is -0.550 e. The Labute approximate surface area is 168 Å². The number of hydrogen-bond acceptors (Lipinski definition) is 7. The van der Waals surface area contributed by atoms with Crippen molar-refractivity contribution in [3.8, 4) is 0 Å². The third-order valence-corrected chi connectivity index (χ3v) is 5.05. The van der Waals surface area contributed by atoms with Gasteiger partial charge in [0.05, 0.1) is 6.42 Å². The first-order valence-corrected chi connectivity index (χ1v) is 10.6. The van der Waals surface area contributed by atoms with E-state index in [9.17, 15) is 19.5 Å². The number of ether oxygens (including phenoxy) is 3. The van der Waals surface area contributed by atoms with Crippen molar-refractivity contribution in [2.24, 2.45) is 0 Å². The Bertz CT molecular complexity index is 491. The molecule has 0 spiro atoms. The minimum absolute atomic E-state index is 0.227. The number of esters is 2. The second kappa shape index (κ2) is 13.5. The molecular weight excluding hydrogens is 364 g/mol. The Kier molecular flexibility index (Phi) is 11.8. The van der Waals surface area contributed by atoms with Gasteiger partial charge in [-0.05, 0) is 19.3 Å². The highest BCUT2D eigenvalue weighted by molar-refractivity contribution is 5.90. The Morgan fingerprint density at radius 2 is 1.64 bits per heavy atom. The van der Waals surface area contributed by atoms with Gasteiger partial charge in [0.2, 0.25) is 0 Å². The van der Waals surface area contributed by atoms with Crippen molar-refractivity contribution < 1.29 is 33.7 Å². The van der Waals surface area contributed by atoms with Crippen molar-refractivity contribution in [1.82, 2.24) is 0 Å². The van der Waals surface area contributed by atoms with Gasteiger partial charge in [0.25, 0.3) is 0 Å². The summed E-state index contributed by atoms with van der Waals surface area (Å²) in [5.74, 6) is -2.97. The third kappa shape index (κ3) is 9.04. The Morgan fingerprint density at radius 3 is 2.18 bits per heavy atom. The lowest BCUT2D eigenvalue weighted by molar-refractivity contribution is -0.309. The number of unbranched alkanes of at least 4 members (excludes halogenated alkanes) is 7. The molecule has 1 rings (SSSR count). The zero-order valence-corrected chi connectivity index (χ0v) is 17.3. The van der Waals surface area contributed by atoms with E-state index in [1.165, 1.54) is 38.5 Å². The number of carboxylic acid groups (broad SMARTS) is 1. The quantitative estimate of drug-likeness (QED) is 0.290. The molecule has 28 heavy (non-hydrogen) atoms. The highest BCUT2D eigenvalue weighted by Gasteiger charge is 2.48. The molecule has 0 aromatic rings. The molecule has 0 aromatic heterocycles. The Balaban J connectivity index is 2.39. The van der Waals surface area contributed by atoms with Crippen molar-refractivity contribution in [3.05, 3.63) is 0 Å². The highest BCUT2D eigenvalue weighted by atomic mass is 16.7. The molecule has 1 aliphatic rings. The van der Waals surface area contributed by atoms with Crippen LogP contribution in [0.3, 0.4) is 0 Å². The first kappa shape index (κ1) is 24.4. The van der Waals surface area contributed by atoms with Crippen LogP contribution < -0.4 is 5.11 Å². The summed E-state index contributed by atoms with van der Waals surface area (Å²) in [4.78, 5) is 35.1. The summed E-state index contributed by atoms with van der Waals surface area (Å²) in [5.41, 5.74) is -1.83. The number of aliphatic carboxylic acids is 1. The molecule has 0 radical (unpaired) electrons. The van der Waals surface area contributed by atoms with Gasteiger partial charge in [0, 0.05) is 12.4 Å². The van der Waals surface area contributed by atoms with Gasteiger partial charge in [-0.3, -0.25) is 4.79 Å². The van der Waals surface area contributed by atoms with Gasteiger partial charge in [-0.15, -0.1) is 0 Å². The number of carbonyl (C=O) groups is 3. The first-order chi connectivity index (χ1) is 13.4. The van der Waals surface area contributed by atoms with Crippen LogP contribution in [0.2, 0.25) is 0 Å². The van der Waals surface area contributed by atoms with E-state index in [1.54, 1.807) is 0 Å². The monoisotopic (exact) mass is 399 g/mol. The number of carboxylic acids is 1. The van der Waals surface area contributed by atoms with Crippen LogP contribution in [0.1, 0.15) is 97.3 Å². The van der Waals surface area contributed by atoms with Gasteiger partial charge < -0.3 is 24.1 Å². The predicted molar refractivity (Wildman–Crippen MR) is 101 cm³/mol. The lowest BCUT2D eigenvalue weighted by Gasteiger charge is -2.25. The Morgan fingerprint density at radius 1 is 1.00 bits per heavy atom. The molecule has 0 bridgehead atoms. The van der Waals surface area contributed by atoms with Crippen molar-refractivity contribution in [2.75, 3.05) is 6.79 Å². The standard InChI is InChI=1S/C21H36O7/c1-3-5-6-7-8-9-10-11-13-17(12-4-2)28-19(24)15-21(14-18(22)23)20(25)26-16-27-21/h17H,3-16H2,1-2H3,(H,22,23)/p-1. The van der Waals surface area contributed by atoms with Crippen molar-refractivity contribution in [2.45, 2.75) is 109 Å². The summed E-state index contributed by atoms with van der Waals surface area (Å²) in [7, 11) is 0. The van der Waals surface area contributed by atoms with E-state index in [1.807, 2.05) is 6.92 Å². The van der Waals surface area contributed by atoms with Gasteiger partial charge in [-0.25, -0.2) is 4.79 Å².